The van der Waals surface area contributed by atoms with Crippen molar-refractivity contribution in [3.63, 3.8) is 0 Å². The summed E-state index contributed by atoms with van der Waals surface area (Å²) in [5.41, 5.74) is 0.430. The van der Waals surface area contributed by atoms with Crippen LogP contribution in [-0.4, -0.2) is 66.7 Å². The van der Waals surface area contributed by atoms with Gasteiger partial charge in [0.05, 0.1) is 16.2 Å². The number of carbonyl (C=O) groups is 1. The van der Waals surface area contributed by atoms with Gasteiger partial charge in [-0.3, -0.25) is 9.69 Å². The second-order valence-electron chi connectivity index (χ2n) is 8.60. The number of rotatable bonds is 7. The van der Waals surface area contributed by atoms with Crippen molar-refractivity contribution in [2.75, 3.05) is 49.6 Å². The molecule has 2 fully saturated rings. The predicted molar refractivity (Wildman–Crippen MR) is 125 cm³/mol. The monoisotopic (exact) mass is 468 g/mol. The minimum atomic E-state index is -0.488. The highest BCUT2D eigenvalue weighted by molar-refractivity contribution is 7.99. The van der Waals surface area contributed by atoms with Crippen LogP contribution in [0.4, 0.5) is 10.2 Å². The van der Waals surface area contributed by atoms with Gasteiger partial charge in [-0.15, -0.1) is 0 Å². The molecule has 1 aromatic carbocycles. The van der Waals surface area contributed by atoms with Crippen LogP contribution in [-0.2, 0) is 4.79 Å². The Hall–Kier alpha value is -1.51. The van der Waals surface area contributed by atoms with Crippen molar-refractivity contribution >= 4 is 46.1 Å². The Labute approximate surface area is 191 Å². The first-order chi connectivity index (χ1) is 15.0. The molecule has 1 saturated carbocycles. The Balaban J connectivity index is 1.20. The number of fused-ring (bicyclic) bond motifs is 1. The number of amides is 1. The largest absolute Gasteiger partial charge is 0.354 e. The fourth-order valence-electron chi connectivity index (χ4n) is 4.69. The van der Waals surface area contributed by atoms with Gasteiger partial charge in [0.2, 0.25) is 5.91 Å². The van der Waals surface area contributed by atoms with E-state index in [1.54, 1.807) is 17.8 Å². The van der Waals surface area contributed by atoms with E-state index in [4.69, 9.17) is 16.1 Å². The van der Waals surface area contributed by atoms with E-state index in [2.05, 4.69) is 20.3 Å². The minimum absolute atomic E-state index is 0.0918. The summed E-state index contributed by atoms with van der Waals surface area (Å²) in [7, 11) is 0. The third-order valence-electron chi connectivity index (χ3n) is 6.51. The maximum Gasteiger partial charge on any atom is 0.230 e. The first-order valence-electron chi connectivity index (χ1n) is 11.0. The van der Waals surface area contributed by atoms with Crippen molar-refractivity contribution in [1.82, 2.24) is 15.4 Å². The van der Waals surface area contributed by atoms with Gasteiger partial charge in [0.15, 0.2) is 11.4 Å². The maximum atomic E-state index is 13.6. The molecule has 0 spiro atoms. The van der Waals surface area contributed by atoms with E-state index in [1.165, 1.54) is 25.3 Å². The lowest BCUT2D eigenvalue weighted by Gasteiger charge is -2.36. The number of hydrogen-bond donors (Lipinski definition) is 1. The van der Waals surface area contributed by atoms with Crippen LogP contribution < -0.4 is 10.2 Å². The molecule has 0 radical (unpaired) electrons. The van der Waals surface area contributed by atoms with Gasteiger partial charge < -0.3 is 14.7 Å². The molecule has 1 aliphatic carbocycles. The van der Waals surface area contributed by atoms with Gasteiger partial charge in [0.25, 0.3) is 0 Å². The number of halogens is 2. The van der Waals surface area contributed by atoms with Crippen molar-refractivity contribution in [1.29, 1.82) is 0 Å². The summed E-state index contributed by atoms with van der Waals surface area (Å²) < 4.78 is 18.9. The molecule has 6 nitrogen and oxygen atoms in total. The molecule has 170 valence electrons. The quantitative estimate of drug-likeness (QED) is 0.658. The third-order valence-corrected chi connectivity index (χ3v) is 7.35. The van der Waals surface area contributed by atoms with Gasteiger partial charge in [-0.25, -0.2) is 4.39 Å². The van der Waals surface area contributed by atoms with Crippen molar-refractivity contribution < 1.29 is 13.7 Å². The highest BCUT2D eigenvalue weighted by Gasteiger charge is 2.25. The van der Waals surface area contributed by atoms with Crippen molar-refractivity contribution in [2.45, 2.75) is 38.1 Å². The van der Waals surface area contributed by atoms with Gasteiger partial charge in [0, 0.05) is 38.3 Å². The van der Waals surface area contributed by atoms with Gasteiger partial charge in [-0.2, -0.15) is 11.8 Å². The van der Waals surface area contributed by atoms with E-state index < -0.39 is 5.82 Å². The van der Waals surface area contributed by atoms with E-state index in [9.17, 15) is 9.18 Å². The van der Waals surface area contributed by atoms with Gasteiger partial charge in [-0.05, 0) is 56.9 Å². The summed E-state index contributed by atoms with van der Waals surface area (Å²) in [5, 5.41) is 8.18. The van der Waals surface area contributed by atoms with Crippen LogP contribution in [0.1, 0.15) is 32.1 Å². The molecule has 1 saturated heterocycles. The molecule has 1 aromatic heterocycles. The van der Waals surface area contributed by atoms with Crippen LogP contribution in [0.25, 0.3) is 11.0 Å². The predicted octanol–water partition coefficient (Wildman–Crippen LogP) is 4.17. The highest BCUT2D eigenvalue weighted by atomic mass is 35.5. The molecular formula is C22H30ClFN4O2S. The first-order valence-corrected chi connectivity index (χ1v) is 12.8. The molecular weight excluding hydrogens is 439 g/mol. The average molecular weight is 469 g/mol. The second-order valence-corrected chi connectivity index (χ2v) is 9.88. The molecule has 9 heteroatoms. The molecule has 31 heavy (non-hydrogen) atoms. The zero-order valence-corrected chi connectivity index (χ0v) is 19.5. The fourth-order valence-corrected chi connectivity index (χ4v) is 5.20. The standard InChI is InChI=1S/C22H30ClFN4O2S/c1-31-14-21(29)25-16-4-2-15(3-5-16)6-7-27-8-10-28(11-9-27)22-17-12-18(23)19(24)13-20(17)30-26-22/h12-13,15-16H,2-11,14H2,1H3,(H,25,29). The van der Waals surface area contributed by atoms with Crippen molar-refractivity contribution in [3.8, 4) is 0 Å². The van der Waals surface area contributed by atoms with Crippen LogP contribution in [0.5, 0.6) is 0 Å². The number of nitrogens with one attached hydrogen (secondary N) is 1. The Kier molecular flexibility index (Phi) is 7.61. The third kappa shape index (κ3) is 5.65. The van der Waals surface area contributed by atoms with Gasteiger partial charge >= 0.3 is 0 Å². The number of nitrogens with zero attached hydrogens (tertiary/aromatic N) is 3. The number of benzene rings is 1. The number of thioether (sulfide) groups is 1. The molecule has 2 aliphatic rings. The molecule has 1 aliphatic heterocycles. The number of anilines is 1. The van der Waals surface area contributed by atoms with Crippen molar-refractivity contribution in [2.24, 2.45) is 5.92 Å². The van der Waals surface area contributed by atoms with Gasteiger partial charge in [-0.1, -0.05) is 16.8 Å². The number of hydrogen-bond acceptors (Lipinski definition) is 6. The van der Waals surface area contributed by atoms with Crippen LogP contribution in [0.3, 0.4) is 0 Å². The van der Waals surface area contributed by atoms with E-state index in [1.807, 2.05) is 6.26 Å². The summed E-state index contributed by atoms with van der Waals surface area (Å²) >= 11 is 7.52. The average Bonchev–Trinajstić information content (AvgIpc) is 3.16. The summed E-state index contributed by atoms with van der Waals surface area (Å²) in [5.74, 6) is 1.74. The van der Waals surface area contributed by atoms with Crippen molar-refractivity contribution in [3.05, 3.63) is 23.0 Å². The normalized spacial score (nSPS) is 22.7. The smallest absolute Gasteiger partial charge is 0.230 e. The molecule has 0 bridgehead atoms. The van der Waals surface area contributed by atoms with E-state index in [-0.39, 0.29) is 10.9 Å². The molecule has 0 atom stereocenters. The molecule has 1 amide bonds. The zero-order chi connectivity index (χ0) is 21.8. The highest BCUT2D eigenvalue weighted by Crippen LogP contribution is 2.31. The van der Waals surface area contributed by atoms with E-state index in [0.717, 1.165) is 62.7 Å². The number of aromatic nitrogens is 1. The van der Waals surface area contributed by atoms with Crippen LogP contribution >= 0.6 is 23.4 Å². The Morgan fingerprint density at radius 1 is 1.26 bits per heavy atom. The molecule has 2 aromatic rings. The summed E-state index contributed by atoms with van der Waals surface area (Å²) in [6.07, 6.45) is 7.77. The number of carbonyl (C=O) groups excluding carboxylic acids is 1. The lowest BCUT2D eigenvalue weighted by Crippen LogP contribution is -2.47. The summed E-state index contributed by atoms with van der Waals surface area (Å²) in [4.78, 5) is 16.5. The van der Waals surface area contributed by atoms with Crippen LogP contribution in [0, 0.1) is 11.7 Å². The fraction of sp³-hybridized carbons (Fsp3) is 0.636. The second kappa shape index (κ2) is 10.4. The lowest BCUT2D eigenvalue weighted by molar-refractivity contribution is -0.119. The van der Waals surface area contributed by atoms with E-state index >= 15 is 0 Å². The summed E-state index contributed by atoms with van der Waals surface area (Å²) in [6.45, 7) is 4.79. The summed E-state index contributed by atoms with van der Waals surface area (Å²) in [6, 6.07) is 3.26. The SMILES string of the molecule is CSCC(=O)NC1CCC(CCN2CCN(c3noc4cc(F)c(Cl)cc34)CC2)CC1. The molecule has 2 heterocycles. The molecule has 4 rings (SSSR count). The zero-order valence-electron chi connectivity index (χ0n) is 17.9. The lowest BCUT2D eigenvalue weighted by atomic mass is 9.84. The number of piperazine rings is 1. The van der Waals surface area contributed by atoms with Crippen LogP contribution in [0.2, 0.25) is 5.02 Å². The minimum Gasteiger partial charge on any atom is -0.354 e. The Morgan fingerprint density at radius 2 is 2.00 bits per heavy atom. The topological polar surface area (TPSA) is 61.6 Å². The first kappa shape index (κ1) is 22.7. The Bertz CT molecular complexity index is 895. The van der Waals surface area contributed by atoms with Gasteiger partial charge in [0.1, 0.15) is 5.82 Å². The van der Waals surface area contributed by atoms with Crippen LogP contribution in [0.15, 0.2) is 16.7 Å². The Morgan fingerprint density at radius 3 is 2.71 bits per heavy atom. The maximum absolute atomic E-state index is 13.6. The van der Waals surface area contributed by atoms with E-state index in [0.29, 0.717) is 17.4 Å². The molecule has 0 unspecified atom stereocenters. The molecule has 1 N–H and O–H groups in total.